The monoisotopic (exact) mass is 314 g/mol. The molecule has 0 amide bonds. The Morgan fingerprint density at radius 3 is 2.83 bits per heavy atom. The van der Waals surface area contributed by atoms with Gasteiger partial charge in [0.1, 0.15) is 0 Å². The normalized spacial score (nSPS) is 12.7. The number of rotatable bonds is 7. The molecule has 0 atom stereocenters. The minimum Gasteiger partial charge on any atom is -0.493 e. The SMILES string of the molecule is CCCN(Cc1cccnc1)Cc1cc(OC)c2c(c1)OCO2. The summed E-state index contributed by atoms with van der Waals surface area (Å²) in [5.41, 5.74) is 2.37. The van der Waals surface area contributed by atoms with Gasteiger partial charge in [0.15, 0.2) is 11.5 Å². The van der Waals surface area contributed by atoms with E-state index >= 15 is 0 Å². The third kappa shape index (κ3) is 3.74. The molecule has 3 rings (SSSR count). The summed E-state index contributed by atoms with van der Waals surface area (Å²) in [5, 5.41) is 0. The summed E-state index contributed by atoms with van der Waals surface area (Å²) in [7, 11) is 1.65. The lowest BCUT2D eigenvalue weighted by Gasteiger charge is -2.22. The molecule has 0 spiro atoms. The van der Waals surface area contributed by atoms with Crippen LogP contribution in [0.2, 0.25) is 0 Å². The van der Waals surface area contributed by atoms with E-state index in [1.165, 1.54) is 5.56 Å². The van der Waals surface area contributed by atoms with Gasteiger partial charge in [0.05, 0.1) is 7.11 Å². The van der Waals surface area contributed by atoms with Crippen molar-refractivity contribution < 1.29 is 14.2 Å². The average Bonchev–Trinajstić information content (AvgIpc) is 3.03. The first-order valence-electron chi connectivity index (χ1n) is 7.88. The lowest BCUT2D eigenvalue weighted by Crippen LogP contribution is -2.23. The van der Waals surface area contributed by atoms with E-state index in [9.17, 15) is 0 Å². The van der Waals surface area contributed by atoms with Gasteiger partial charge in [-0.2, -0.15) is 0 Å². The molecule has 0 radical (unpaired) electrons. The highest BCUT2D eigenvalue weighted by molar-refractivity contribution is 5.55. The Kier molecular flexibility index (Phi) is 4.98. The number of hydrogen-bond acceptors (Lipinski definition) is 5. The molecular weight excluding hydrogens is 292 g/mol. The van der Waals surface area contributed by atoms with Crippen LogP contribution in [-0.2, 0) is 13.1 Å². The van der Waals surface area contributed by atoms with E-state index in [1.54, 1.807) is 13.3 Å². The molecule has 1 aromatic heterocycles. The molecule has 2 heterocycles. The molecule has 2 aromatic rings. The van der Waals surface area contributed by atoms with E-state index in [4.69, 9.17) is 14.2 Å². The van der Waals surface area contributed by atoms with Crippen LogP contribution in [0.5, 0.6) is 17.2 Å². The summed E-state index contributed by atoms with van der Waals surface area (Å²) in [6.45, 7) is 5.17. The predicted octanol–water partition coefficient (Wildman–Crippen LogP) is 3.23. The Morgan fingerprint density at radius 1 is 1.22 bits per heavy atom. The first kappa shape index (κ1) is 15.6. The molecule has 0 saturated carbocycles. The fourth-order valence-electron chi connectivity index (χ4n) is 2.81. The topological polar surface area (TPSA) is 43.8 Å². The van der Waals surface area contributed by atoms with Crippen LogP contribution in [-0.4, -0.2) is 30.3 Å². The fraction of sp³-hybridized carbons (Fsp3) is 0.389. The maximum Gasteiger partial charge on any atom is 0.231 e. The highest BCUT2D eigenvalue weighted by atomic mass is 16.7. The van der Waals surface area contributed by atoms with Crippen LogP contribution in [0, 0.1) is 0 Å². The Morgan fingerprint density at radius 2 is 2.09 bits per heavy atom. The van der Waals surface area contributed by atoms with Gasteiger partial charge in [-0.1, -0.05) is 13.0 Å². The van der Waals surface area contributed by atoms with Crippen molar-refractivity contribution in [2.45, 2.75) is 26.4 Å². The zero-order valence-corrected chi connectivity index (χ0v) is 13.6. The Bertz CT molecular complexity index is 646. The average molecular weight is 314 g/mol. The number of benzene rings is 1. The summed E-state index contributed by atoms with van der Waals surface area (Å²) in [6.07, 6.45) is 4.82. The summed E-state index contributed by atoms with van der Waals surface area (Å²) in [4.78, 5) is 6.59. The maximum atomic E-state index is 5.51. The molecule has 0 fully saturated rings. The third-order valence-corrected chi connectivity index (χ3v) is 3.79. The van der Waals surface area contributed by atoms with E-state index in [0.717, 1.165) is 43.1 Å². The molecule has 0 saturated heterocycles. The maximum absolute atomic E-state index is 5.51. The van der Waals surface area contributed by atoms with Crippen LogP contribution in [0.4, 0.5) is 0 Å². The van der Waals surface area contributed by atoms with Crippen molar-refractivity contribution in [1.82, 2.24) is 9.88 Å². The van der Waals surface area contributed by atoms with Gasteiger partial charge in [0.25, 0.3) is 0 Å². The molecule has 1 aliphatic heterocycles. The third-order valence-electron chi connectivity index (χ3n) is 3.79. The van der Waals surface area contributed by atoms with Gasteiger partial charge >= 0.3 is 0 Å². The summed E-state index contributed by atoms with van der Waals surface area (Å²) < 4.78 is 16.4. The molecule has 5 heteroatoms. The van der Waals surface area contributed by atoms with Gasteiger partial charge in [0, 0.05) is 25.5 Å². The molecule has 0 unspecified atom stereocenters. The van der Waals surface area contributed by atoms with E-state index in [-0.39, 0.29) is 6.79 Å². The molecule has 1 aliphatic rings. The Balaban J connectivity index is 1.77. The lowest BCUT2D eigenvalue weighted by atomic mass is 10.1. The van der Waals surface area contributed by atoms with Crippen LogP contribution in [0.25, 0.3) is 0 Å². The number of hydrogen-bond donors (Lipinski definition) is 0. The Hall–Kier alpha value is -2.27. The van der Waals surface area contributed by atoms with Gasteiger partial charge in [0.2, 0.25) is 12.5 Å². The van der Waals surface area contributed by atoms with Gasteiger partial charge in [-0.15, -0.1) is 0 Å². The van der Waals surface area contributed by atoms with Crippen LogP contribution < -0.4 is 14.2 Å². The van der Waals surface area contributed by atoms with E-state index in [1.807, 2.05) is 24.4 Å². The van der Waals surface area contributed by atoms with Crippen LogP contribution in [0.1, 0.15) is 24.5 Å². The van der Waals surface area contributed by atoms with Gasteiger partial charge in [-0.3, -0.25) is 9.88 Å². The predicted molar refractivity (Wildman–Crippen MR) is 87.8 cm³/mol. The highest BCUT2D eigenvalue weighted by Crippen LogP contribution is 2.42. The van der Waals surface area contributed by atoms with Crippen molar-refractivity contribution >= 4 is 0 Å². The van der Waals surface area contributed by atoms with Crippen molar-refractivity contribution in [3.05, 3.63) is 47.8 Å². The molecule has 5 nitrogen and oxygen atoms in total. The number of pyridine rings is 1. The summed E-state index contributed by atoms with van der Waals surface area (Å²) in [6, 6.07) is 8.15. The van der Waals surface area contributed by atoms with Crippen molar-refractivity contribution in [2.24, 2.45) is 0 Å². The number of fused-ring (bicyclic) bond motifs is 1. The molecular formula is C18H22N2O3. The molecule has 0 bridgehead atoms. The minimum atomic E-state index is 0.253. The molecule has 0 aliphatic carbocycles. The zero-order chi connectivity index (χ0) is 16.1. The van der Waals surface area contributed by atoms with Crippen molar-refractivity contribution in [3.63, 3.8) is 0 Å². The highest BCUT2D eigenvalue weighted by Gasteiger charge is 2.20. The molecule has 122 valence electrons. The van der Waals surface area contributed by atoms with Crippen molar-refractivity contribution in [1.29, 1.82) is 0 Å². The smallest absolute Gasteiger partial charge is 0.231 e. The van der Waals surface area contributed by atoms with Crippen LogP contribution in [0.15, 0.2) is 36.7 Å². The van der Waals surface area contributed by atoms with E-state index in [0.29, 0.717) is 5.75 Å². The lowest BCUT2D eigenvalue weighted by molar-refractivity contribution is 0.171. The van der Waals surface area contributed by atoms with Crippen LogP contribution >= 0.6 is 0 Å². The number of methoxy groups -OCH3 is 1. The summed E-state index contributed by atoms with van der Waals surface area (Å²) in [5.74, 6) is 2.19. The minimum absolute atomic E-state index is 0.253. The van der Waals surface area contributed by atoms with Crippen molar-refractivity contribution in [3.8, 4) is 17.2 Å². The number of nitrogens with zero attached hydrogens (tertiary/aromatic N) is 2. The van der Waals surface area contributed by atoms with Gasteiger partial charge < -0.3 is 14.2 Å². The molecule has 1 aromatic carbocycles. The van der Waals surface area contributed by atoms with Crippen LogP contribution in [0.3, 0.4) is 0 Å². The summed E-state index contributed by atoms with van der Waals surface area (Å²) >= 11 is 0. The number of aromatic nitrogens is 1. The molecule has 23 heavy (non-hydrogen) atoms. The first-order valence-corrected chi connectivity index (χ1v) is 7.88. The first-order chi connectivity index (χ1) is 11.3. The second kappa shape index (κ2) is 7.33. The standard InChI is InChI=1S/C18H22N2O3/c1-3-7-20(11-14-5-4-6-19-10-14)12-15-8-16(21-2)18-17(9-15)22-13-23-18/h4-6,8-10H,3,7,11-13H2,1-2H3. The van der Waals surface area contributed by atoms with E-state index < -0.39 is 0 Å². The van der Waals surface area contributed by atoms with Crippen molar-refractivity contribution in [2.75, 3.05) is 20.4 Å². The number of ether oxygens (including phenoxy) is 3. The second-order valence-electron chi connectivity index (χ2n) is 5.60. The quantitative estimate of drug-likeness (QED) is 0.785. The molecule has 0 N–H and O–H groups in total. The fourth-order valence-corrected chi connectivity index (χ4v) is 2.81. The largest absolute Gasteiger partial charge is 0.493 e. The van der Waals surface area contributed by atoms with Gasteiger partial charge in [-0.05, 0) is 42.3 Å². The second-order valence-corrected chi connectivity index (χ2v) is 5.60. The Labute approximate surface area is 136 Å². The zero-order valence-electron chi connectivity index (χ0n) is 13.6. The van der Waals surface area contributed by atoms with Gasteiger partial charge in [-0.25, -0.2) is 0 Å². The van der Waals surface area contributed by atoms with E-state index in [2.05, 4.69) is 22.9 Å².